The quantitative estimate of drug-likeness (QED) is 0.880. The molecule has 126 valence electrons. The molecular weight excluding hydrogens is 318 g/mol. The van der Waals surface area contributed by atoms with E-state index in [1.165, 1.54) is 23.0 Å². The Morgan fingerprint density at radius 3 is 2.71 bits per heavy atom. The van der Waals surface area contributed by atoms with E-state index in [1.54, 1.807) is 0 Å². The van der Waals surface area contributed by atoms with Crippen LogP contribution in [0.3, 0.4) is 0 Å². The van der Waals surface area contributed by atoms with Crippen LogP contribution in [0.4, 0.5) is 19.3 Å². The highest BCUT2D eigenvalue weighted by molar-refractivity contribution is 5.89. The summed E-state index contributed by atoms with van der Waals surface area (Å²) >= 11 is 0. The van der Waals surface area contributed by atoms with E-state index in [1.807, 2.05) is 0 Å². The van der Waals surface area contributed by atoms with Gasteiger partial charge in [0.25, 0.3) is 5.56 Å². The van der Waals surface area contributed by atoms with Gasteiger partial charge in [-0.1, -0.05) is 0 Å². The molecule has 1 fully saturated rings. The van der Waals surface area contributed by atoms with E-state index in [0.717, 1.165) is 30.7 Å². The van der Waals surface area contributed by atoms with Gasteiger partial charge in [0, 0.05) is 36.8 Å². The number of hydrogen-bond acceptors (Lipinski definition) is 3. The summed E-state index contributed by atoms with van der Waals surface area (Å²) in [6.07, 6.45) is 3.62. The fraction of sp³-hybridized carbons (Fsp3) is 0.312. The van der Waals surface area contributed by atoms with Crippen molar-refractivity contribution in [3.63, 3.8) is 0 Å². The molecule has 0 atom stereocenters. The Bertz CT molecular complexity index is 818. The van der Waals surface area contributed by atoms with Crippen molar-refractivity contribution in [2.75, 3.05) is 11.9 Å². The van der Waals surface area contributed by atoms with E-state index in [9.17, 15) is 18.4 Å². The average molecular weight is 334 g/mol. The largest absolute Gasteiger partial charge is 0.336 e. The molecule has 1 aliphatic rings. The third-order valence-electron chi connectivity index (χ3n) is 3.71. The third-order valence-corrected chi connectivity index (χ3v) is 3.71. The van der Waals surface area contributed by atoms with Gasteiger partial charge in [-0.2, -0.15) is 0 Å². The Morgan fingerprint density at radius 2 is 2.04 bits per heavy atom. The lowest BCUT2D eigenvalue weighted by Gasteiger charge is -2.09. The number of anilines is 1. The number of urea groups is 1. The molecule has 0 spiro atoms. The highest BCUT2D eigenvalue weighted by Crippen LogP contribution is 2.38. The van der Waals surface area contributed by atoms with E-state index in [4.69, 9.17) is 0 Å². The van der Waals surface area contributed by atoms with Crippen LogP contribution in [-0.4, -0.2) is 22.1 Å². The van der Waals surface area contributed by atoms with Crippen molar-refractivity contribution in [1.82, 2.24) is 14.9 Å². The van der Waals surface area contributed by atoms with E-state index in [2.05, 4.69) is 15.6 Å². The first-order chi connectivity index (χ1) is 11.5. The number of rotatable bonds is 5. The maximum atomic E-state index is 13.0. The minimum atomic E-state index is -1.04. The van der Waals surface area contributed by atoms with Crippen molar-refractivity contribution < 1.29 is 13.6 Å². The topological polar surface area (TPSA) is 76.0 Å². The minimum Gasteiger partial charge on any atom is -0.336 e. The van der Waals surface area contributed by atoms with Crippen LogP contribution in [0.2, 0.25) is 0 Å². The standard InChI is InChI=1S/C16H16F2N4O2/c17-12-4-3-11(7-13(12)18)21-16(24)19-5-6-22-9-20-14(8-15(22)23)10-1-2-10/h3-4,7-10H,1-2,5-6H2,(H2,19,21,24). The van der Waals surface area contributed by atoms with E-state index >= 15 is 0 Å². The van der Waals surface area contributed by atoms with E-state index in [0.29, 0.717) is 5.92 Å². The summed E-state index contributed by atoms with van der Waals surface area (Å²) in [5, 5.41) is 4.92. The normalized spacial score (nSPS) is 13.6. The minimum absolute atomic E-state index is 0.138. The molecule has 1 heterocycles. The molecule has 0 bridgehead atoms. The van der Waals surface area contributed by atoms with Crippen molar-refractivity contribution >= 4 is 11.7 Å². The number of nitrogens with zero attached hydrogens (tertiary/aromatic N) is 2. The molecule has 0 saturated heterocycles. The molecule has 2 amide bonds. The summed E-state index contributed by atoms with van der Waals surface area (Å²) in [4.78, 5) is 27.9. The van der Waals surface area contributed by atoms with Crippen molar-refractivity contribution in [2.24, 2.45) is 0 Å². The van der Waals surface area contributed by atoms with E-state index < -0.39 is 17.7 Å². The first-order valence-electron chi connectivity index (χ1n) is 7.59. The second kappa shape index (κ2) is 6.77. The second-order valence-corrected chi connectivity index (χ2v) is 5.63. The van der Waals surface area contributed by atoms with Crippen molar-refractivity contribution in [3.05, 3.63) is 58.3 Å². The van der Waals surface area contributed by atoms with Gasteiger partial charge in [0.15, 0.2) is 11.6 Å². The number of carbonyl (C=O) groups excluding carboxylic acids is 1. The molecule has 0 aliphatic heterocycles. The van der Waals surface area contributed by atoms with Gasteiger partial charge in [0.05, 0.1) is 12.0 Å². The smallest absolute Gasteiger partial charge is 0.319 e. The number of halogens is 2. The van der Waals surface area contributed by atoms with Crippen LogP contribution >= 0.6 is 0 Å². The molecular formula is C16H16F2N4O2. The highest BCUT2D eigenvalue weighted by atomic mass is 19.2. The molecule has 0 radical (unpaired) electrons. The number of nitrogens with one attached hydrogen (secondary N) is 2. The Hall–Kier alpha value is -2.77. The van der Waals surface area contributed by atoms with Gasteiger partial charge < -0.3 is 10.6 Å². The molecule has 8 heteroatoms. The van der Waals surface area contributed by atoms with Gasteiger partial charge in [-0.3, -0.25) is 9.36 Å². The van der Waals surface area contributed by atoms with Crippen LogP contribution in [0.1, 0.15) is 24.5 Å². The molecule has 2 aromatic rings. The molecule has 1 saturated carbocycles. The molecule has 1 aromatic heterocycles. The predicted octanol–water partition coefficient (Wildman–Crippen LogP) is 2.22. The fourth-order valence-electron chi connectivity index (χ4n) is 2.25. The molecule has 1 aromatic carbocycles. The number of hydrogen-bond donors (Lipinski definition) is 2. The first kappa shape index (κ1) is 16.1. The number of carbonyl (C=O) groups is 1. The molecule has 1 aliphatic carbocycles. The molecule has 6 nitrogen and oxygen atoms in total. The maximum absolute atomic E-state index is 13.0. The van der Waals surface area contributed by atoms with E-state index in [-0.39, 0.29) is 24.3 Å². The van der Waals surface area contributed by atoms with Crippen LogP contribution in [0, 0.1) is 11.6 Å². The van der Waals surface area contributed by atoms with Crippen LogP contribution in [-0.2, 0) is 6.54 Å². The van der Waals surface area contributed by atoms with Gasteiger partial charge in [0.1, 0.15) is 0 Å². The fourth-order valence-corrected chi connectivity index (χ4v) is 2.25. The van der Waals surface area contributed by atoms with Crippen LogP contribution in [0.5, 0.6) is 0 Å². The zero-order valence-electron chi connectivity index (χ0n) is 12.8. The Kier molecular flexibility index (Phi) is 4.54. The average Bonchev–Trinajstić information content (AvgIpc) is 3.37. The summed E-state index contributed by atoms with van der Waals surface area (Å²) in [5.74, 6) is -1.61. The molecule has 3 rings (SSSR count). The van der Waals surface area contributed by atoms with Crippen molar-refractivity contribution in [3.8, 4) is 0 Å². The third kappa shape index (κ3) is 3.95. The molecule has 24 heavy (non-hydrogen) atoms. The Morgan fingerprint density at radius 1 is 1.25 bits per heavy atom. The molecule has 0 unspecified atom stereocenters. The van der Waals surface area contributed by atoms with Crippen molar-refractivity contribution in [1.29, 1.82) is 0 Å². The van der Waals surface area contributed by atoms with Gasteiger partial charge in [0.2, 0.25) is 0 Å². The van der Waals surface area contributed by atoms with Crippen LogP contribution in [0.25, 0.3) is 0 Å². The predicted molar refractivity (Wildman–Crippen MR) is 83.9 cm³/mol. The lowest BCUT2D eigenvalue weighted by molar-refractivity contribution is 0.251. The SMILES string of the molecule is O=C(NCCn1cnc(C2CC2)cc1=O)Nc1ccc(F)c(F)c1. The number of benzene rings is 1. The second-order valence-electron chi connectivity index (χ2n) is 5.63. The number of aromatic nitrogens is 2. The lowest BCUT2D eigenvalue weighted by atomic mass is 10.3. The summed E-state index contributed by atoms with van der Waals surface area (Å²) in [6.45, 7) is 0.460. The van der Waals surface area contributed by atoms with Crippen molar-refractivity contribution in [2.45, 2.75) is 25.3 Å². The number of amides is 2. The summed E-state index contributed by atoms with van der Waals surface area (Å²) in [7, 11) is 0. The van der Waals surface area contributed by atoms with Gasteiger partial charge in [-0.15, -0.1) is 0 Å². The lowest BCUT2D eigenvalue weighted by Crippen LogP contribution is -2.33. The first-order valence-corrected chi connectivity index (χ1v) is 7.59. The monoisotopic (exact) mass is 334 g/mol. The van der Waals surface area contributed by atoms with Gasteiger partial charge in [-0.05, 0) is 25.0 Å². The Balaban J connectivity index is 1.49. The highest BCUT2D eigenvalue weighted by Gasteiger charge is 2.25. The maximum Gasteiger partial charge on any atom is 0.319 e. The van der Waals surface area contributed by atoms with Gasteiger partial charge >= 0.3 is 6.03 Å². The zero-order chi connectivity index (χ0) is 17.1. The molecule has 2 N–H and O–H groups in total. The van der Waals surface area contributed by atoms with Crippen LogP contribution < -0.4 is 16.2 Å². The summed E-state index contributed by atoms with van der Waals surface area (Å²) in [5.41, 5.74) is 0.800. The summed E-state index contributed by atoms with van der Waals surface area (Å²) in [6, 6.07) is 4.02. The Labute approximate surface area is 136 Å². The zero-order valence-corrected chi connectivity index (χ0v) is 12.8. The van der Waals surface area contributed by atoms with Crippen LogP contribution in [0.15, 0.2) is 35.4 Å². The summed E-state index contributed by atoms with van der Waals surface area (Å²) < 4.78 is 27.3. The van der Waals surface area contributed by atoms with Gasteiger partial charge in [-0.25, -0.2) is 18.6 Å².